The van der Waals surface area contributed by atoms with E-state index in [1.54, 1.807) is 26.3 Å². The first kappa shape index (κ1) is 24.4. The summed E-state index contributed by atoms with van der Waals surface area (Å²) >= 11 is 0. The number of hydrogen-bond donors (Lipinski definition) is 2. The molecule has 2 aromatic carbocycles. The number of guanidine groups is 1. The van der Waals surface area contributed by atoms with E-state index < -0.39 is 0 Å². The van der Waals surface area contributed by atoms with Crippen LogP contribution in [-0.4, -0.2) is 45.4 Å². The predicted octanol–water partition coefficient (Wildman–Crippen LogP) is 4.11. The minimum Gasteiger partial charge on any atom is -0.496 e. The summed E-state index contributed by atoms with van der Waals surface area (Å²) in [6.07, 6.45) is 3.04. The van der Waals surface area contributed by atoms with Gasteiger partial charge in [0.1, 0.15) is 23.4 Å². The van der Waals surface area contributed by atoms with Gasteiger partial charge in [0, 0.05) is 56.0 Å². The van der Waals surface area contributed by atoms with Gasteiger partial charge in [-0.25, -0.2) is 4.39 Å². The SMILES string of the molecule is CN=C(NCc1cc2c(cc1OC)CC(C)O2)NC1CCN(c2cccc(F)c2)CC1.I. The molecule has 0 radical (unpaired) electrons. The quantitative estimate of drug-likeness (QED) is 0.331. The summed E-state index contributed by atoms with van der Waals surface area (Å²) in [5.74, 6) is 2.38. The Hall–Kier alpha value is -2.23. The first-order chi connectivity index (χ1) is 15.1. The summed E-state index contributed by atoms with van der Waals surface area (Å²) in [6, 6.07) is 11.3. The molecule has 174 valence electrons. The van der Waals surface area contributed by atoms with Gasteiger partial charge in [-0.05, 0) is 50.1 Å². The van der Waals surface area contributed by atoms with E-state index in [0.717, 1.165) is 61.1 Å². The number of methoxy groups -OCH3 is 1. The standard InChI is InChI=1S/C24H31FN4O2.HI/c1-16-11-17-12-22(30-3)18(13-23(17)31-16)15-27-24(26-2)28-20-7-9-29(10-8-20)21-6-4-5-19(25)14-21;/h4-6,12-14,16,20H,7-11,15H2,1-3H3,(H2,26,27,28);1H. The smallest absolute Gasteiger partial charge is 0.191 e. The van der Waals surface area contributed by atoms with Crippen molar-refractivity contribution in [3.05, 3.63) is 53.3 Å². The van der Waals surface area contributed by atoms with Crippen LogP contribution in [0, 0.1) is 5.82 Å². The van der Waals surface area contributed by atoms with Crippen molar-refractivity contribution >= 4 is 35.6 Å². The highest BCUT2D eigenvalue weighted by molar-refractivity contribution is 14.0. The molecule has 1 unspecified atom stereocenters. The van der Waals surface area contributed by atoms with Crippen LogP contribution in [0.5, 0.6) is 11.5 Å². The number of rotatable bonds is 5. The summed E-state index contributed by atoms with van der Waals surface area (Å²) in [5.41, 5.74) is 3.18. The number of anilines is 1. The normalized spacial score (nSPS) is 18.4. The van der Waals surface area contributed by atoms with Gasteiger partial charge in [-0.15, -0.1) is 24.0 Å². The molecular weight excluding hydrogens is 522 g/mol. The fourth-order valence-electron chi connectivity index (χ4n) is 4.33. The fraction of sp³-hybridized carbons (Fsp3) is 0.458. The summed E-state index contributed by atoms with van der Waals surface area (Å²) in [4.78, 5) is 6.62. The van der Waals surface area contributed by atoms with Crippen LogP contribution in [0.25, 0.3) is 0 Å². The molecule has 6 nitrogen and oxygen atoms in total. The Morgan fingerprint density at radius 3 is 2.72 bits per heavy atom. The van der Waals surface area contributed by atoms with Gasteiger partial charge < -0.3 is 25.0 Å². The lowest BCUT2D eigenvalue weighted by Gasteiger charge is -2.34. The summed E-state index contributed by atoms with van der Waals surface area (Å²) in [7, 11) is 3.48. The Balaban J connectivity index is 0.00000289. The van der Waals surface area contributed by atoms with Crippen molar-refractivity contribution < 1.29 is 13.9 Å². The number of ether oxygens (including phenoxy) is 2. The van der Waals surface area contributed by atoms with Gasteiger partial charge in [-0.3, -0.25) is 4.99 Å². The van der Waals surface area contributed by atoms with Crippen molar-refractivity contribution in [1.82, 2.24) is 10.6 Å². The van der Waals surface area contributed by atoms with Crippen LogP contribution < -0.4 is 25.0 Å². The lowest BCUT2D eigenvalue weighted by molar-refractivity contribution is 0.254. The second kappa shape index (κ2) is 11.1. The molecule has 0 aliphatic carbocycles. The van der Waals surface area contributed by atoms with Crippen molar-refractivity contribution in [2.24, 2.45) is 4.99 Å². The lowest BCUT2D eigenvalue weighted by atomic mass is 10.0. The molecule has 2 aliphatic heterocycles. The van der Waals surface area contributed by atoms with E-state index in [9.17, 15) is 4.39 Å². The van der Waals surface area contributed by atoms with Gasteiger partial charge in [0.05, 0.1) is 7.11 Å². The number of benzene rings is 2. The lowest BCUT2D eigenvalue weighted by Crippen LogP contribution is -2.48. The summed E-state index contributed by atoms with van der Waals surface area (Å²) in [5, 5.41) is 6.92. The number of aliphatic imine (C=N–C) groups is 1. The average molecular weight is 554 g/mol. The fourth-order valence-corrected chi connectivity index (χ4v) is 4.33. The first-order valence-corrected chi connectivity index (χ1v) is 10.9. The molecule has 2 heterocycles. The topological polar surface area (TPSA) is 58.1 Å². The second-order valence-electron chi connectivity index (χ2n) is 8.22. The van der Waals surface area contributed by atoms with Crippen molar-refractivity contribution in [2.45, 2.75) is 44.9 Å². The Morgan fingerprint density at radius 1 is 1.25 bits per heavy atom. The maximum absolute atomic E-state index is 13.5. The Kier molecular flexibility index (Phi) is 8.44. The zero-order chi connectivity index (χ0) is 21.8. The molecule has 0 amide bonds. The first-order valence-electron chi connectivity index (χ1n) is 10.9. The number of hydrogen-bond acceptors (Lipinski definition) is 4. The molecule has 4 rings (SSSR count). The van der Waals surface area contributed by atoms with Crippen LogP contribution in [-0.2, 0) is 13.0 Å². The van der Waals surface area contributed by atoms with Crippen LogP contribution in [0.4, 0.5) is 10.1 Å². The number of fused-ring (bicyclic) bond motifs is 1. The minimum atomic E-state index is -0.191. The van der Waals surface area contributed by atoms with E-state index in [1.165, 1.54) is 11.6 Å². The monoisotopic (exact) mass is 554 g/mol. The van der Waals surface area contributed by atoms with E-state index in [0.29, 0.717) is 12.6 Å². The van der Waals surface area contributed by atoms with Crippen LogP contribution >= 0.6 is 24.0 Å². The van der Waals surface area contributed by atoms with E-state index in [-0.39, 0.29) is 35.9 Å². The largest absolute Gasteiger partial charge is 0.496 e. The summed E-state index contributed by atoms with van der Waals surface area (Å²) < 4.78 is 25.0. The van der Waals surface area contributed by atoms with Gasteiger partial charge in [0.2, 0.25) is 0 Å². The zero-order valence-corrected chi connectivity index (χ0v) is 21.2. The predicted molar refractivity (Wildman–Crippen MR) is 137 cm³/mol. The molecule has 1 fully saturated rings. The molecule has 0 saturated carbocycles. The number of nitrogens with zero attached hydrogens (tertiary/aromatic N) is 2. The third-order valence-electron chi connectivity index (χ3n) is 5.98. The molecular formula is C24H32FIN4O2. The van der Waals surface area contributed by atoms with E-state index in [4.69, 9.17) is 9.47 Å². The van der Waals surface area contributed by atoms with E-state index in [2.05, 4.69) is 39.6 Å². The molecule has 8 heteroatoms. The van der Waals surface area contributed by atoms with E-state index >= 15 is 0 Å². The third kappa shape index (κ3) is 5.76. The minimum absolute atomic E-state index is 0. The highest BCUT2D eigenvalue weighted by Crippen LogP contribution is 2.34. The molecule has 32 heavy (non-hydrogen) atoms. The van der Waals surface area contributed by atoms with Crippen LogP contribution in [0.15, 0.2) is 41.4 Å². The average Bonchev–Trinajstić information content (AvgIpc) is 3.15. The zero-order valence-electron chi connectivity index (χ0n) is 18.9. The van der Waals surface area contributed by atoms with Crippen molar-refractivity contribution in [1.29, 1.82) is 0 Å². The Labute approximate surface area is 206 Å². The van der Waals surface area contributed by atoms with Crippen LogP contribution in [0.3, 0.4) is 0 Å². The van der Waals surface area contributed by atoms with Gasteiger partial charge >= 0.3 is 0 Å². The Bertz CT molecular complexity index is 948. The maximum Gasteiger partial charge on any atom is 0.191 e. The van der Waals surface area contributed by atoms with Crippen molar-refractivity contribution in [3.8, 4) is 11.5 Å². The van der Waals surface area contributed by atoms with Crippen LogP contribution in [0.2, 0.25) is 0 Å². The Morgan fingerprint density at radius 2 is 2.03 bits per heavy atom. The highest BCUT2D eigenvalue weighted by atomic mass is 127. The van der Waals surface area contributed by atoms with Crippen molar-refractivity contribution in [2.75, 3.05) is 32.1 Å². The summed E-state index contributed by atoms with van der Waals surface area (Å²) in [6.45, 7) is 4.43. The van der Waals surface area contributed by atoms with Gasteiger partial charge in [0.15, 0.2) is 5.96 Å². The second-order valence-corrected chi connectivity index (χ2v) is 8.22. The molecule has 0 bridgehead atoms. The van der Waals surface area contributed by atoms with Gasteiger partial charge in [0.25, 0.3) is 0 Å². The van der Waals surface area contributed by atoms with Crippen LogP contribution in [0.1, 0.15) is 30.9 Å². The van der Waals surface area contributed by atoms with E-state index in [1.807, 2.05) is 6.07 Å². The number of piperidine rings is 1. The number of halogens is 2. The molecule has 1 saturated heterocycles. The molecule has 2 aromatic rings. The molecule has 2 N–H and O–H groups in total. The van der Waals surface area contributed by atoms with Gasteiger partial charge in [-0.1, -0.05) is 6.07 Å². The third-order valence-corrected chi connectivity index (χ3v) is 5.98. The maximum atomic E-state index is 13.5. The molecule has 0 aromatic heterocycles. The number of nitrogens with one attached hydrogen (secondary N) is 2. The highest BCUT2D eigenvalue weighted by Gasteiger charge is 2.23. The molecule has 2 aliphatic rings. The van der Waals surface area contributed by atoms with Crippen molar-refractivity contribution in [3.63, 3.8) is 0 Å². The molecule has 0 spiro atoms. The molecule has 1 atom stereocenters. The van der Waals surface area contributed by atoms with Gasteiger partial charge in [-0.2, -0.15) is 0 Å².